The van der Waals surface area contributed by atoms with Crippen molar-refractivity contribution in [3.8, 4) is 17.2 Å². The molecule has 0 saturated carbocycles. The van der Waals surface area contributed by atoms with Crippen LogP contribution in [0.15, 0.2) is 72.9 Å². The SMILES string of the molecule is COc1cccc(CCN2CCC(C3Oc4ccccc4Cn4cccc43)CC2)c1OC.O=C(O)/C=C/C(=O)O. The number of piperidine rings is 1. The van der Waals surface area contributed by atoms with Gasteiger partial charge in [0.05, 0.1) is 26.5 Å². The van der Waals surface area contributed by atoms with Crippen molar-refractivity contribution in [2.75, 3.05) is 33.9 Å². The highest BCUT2D eigenvalue weighted by Crippen LogP contribution is 2.39. The lowest BCUT2D eigenvalue weighted by Crippen LogP contribution is -2.38. The molecule has 1 saturated heterocycles. The number of carboxylic acid groups (broad SMARTS) is 2. The van der Waals surface area contributed by atoms with Crippen LogP contribution in [0.4, 0.5) is 0 Å². The Morgan fingerprint density at radius 3 is 2.35 bits per heavy atom. The third-order valence-corrected chi connectivity index (χ3v) is 7.33. The first kappa shape index (κ1) is 28.8. The molecular weight excluding hydrogens is 512 g/mol. The Morgan fingerprint density at radius 2 is 1.68 bits per heavy atom. The summed E-state index contributed by atoms with van der Waals surface area (Å²) in [5, 5.41) is 15.6. The molecule has 3 aromatic rings. The first-order valence-corrected chi connectivity index (χ1v) is 13.3. The quantitative estimate of drug-likeness (QED) is 0.392. The van der Waals surface area contributed by atoms with E-state index in [1.807, 2.05) is 12.1 Å². The molecule has 40 heavy (non-hydrogen) atoms. The number of carboxylic acids is 2. The molecule has 1 atom stereocenters. The molecule has 2 aliphatic heterocycles. The minimum Gasteiger partial charge on any atom is -0.493 e. The zero-order chi connectivity index (χ0) is 28.5. The average molecular weight is 549 g/mol. The highest BCUT2D eigenvalue weighted by atomic mass is 16.5. The third kappa shape index (κ3) is 7.24. The number of benzene rings is 2. The van der Waals surface area contributed by atoms with Gasteiger partial charge in [-0.15, -0.1) is 0 Å². The minimum absolute atomic E-state index is 0.120. The molecule has 0 spiro atoms. The molecular formula is C31H36N2O7. The predicted molar refractivity (Wildman–Crippen MR) is 150 cm³/mol. The van der Waals surface area contributed by atoms with Gasteiger partial charge in [-0.1, -0.05) is 30.3 Å². The van der Waals surface area contributed by atoms with Gasteiger partial charge in [0, 0.05) is 36.4 Å². The van der Waals surface area contributed by atoms with Crippen LogP contribution >= 0.6 is 0 Å². The number of aliphatic carboxylic acids is 2. The van der Waals surface area contributed by atoms with Gasteiger partial charge in [-0.2, -0.15) is 0 Å². The van der Waals surface area contributed by atoms with Gasteiger partial charge in [-0.3, -0.25) is 0 Å². The summed E-state index contributed by atoms with van der Waals surface area (Å²) in [7, 11) is 3.41. The number of carbonyl (C=O) groups is 2. The number of para-hydroxylation sites is 2. The second-order valence-corrected chi connectivity index (χ2v) is 9.80. The largest absolute Gasteiger partial charge is 0.493 e. The number of methoxy groups -OCH3 is 2. The van der Waals surface area contributed by atoms with Crippen molar-refractivity contribution in [2.24, 2.45) is 5.92 Å². The monoisotopic (exact) mass is 548 g/mol. The van der Waals surface area contributed by atoms with E-state index in [9.17, 15) is 9.59 Å². The number of aromatic nitrogens is 1. The van der Waals surface area contributed by atoms with Gasteiger partial charge in [-0.05, 0) is 62.2 Å². The summed E-state index contributed by atoms with van der Waals surface area (Å²) in [5.74, 6) is 0.708. The third-order valence-electron chi connectivity index (χ3n) is 7.33. The number of ether oxygens (including phenoxy) is 3. The molecule has 1 aromatic heterocycles. The summed E-state index contributed by atoms with van der Waals surface area (Å²) in [5.41, 5.74) is 3.77. The molecule has 9 nitrogen and oxygen atoms in total. The lowest BCUT2D eigenvalue weighted by molar-refractivity contribution is -0.134. The zero-order valence-electron chi connectivity index (χ0n) is 22.9. The summed E-state index contributed by atoms with van der Waals surface area (Å²) in [6.07, 6.45) is 6.67. The van der Waals surface area contributed by atoms with Crippen LogP contribution in [0.2, 0.25) is 0 Å². The standard InChI is InChI=1S/C27H32N2O3.C4H4O4/c1-30-25-11-5-8-20(27(25)31-2)12-16-28-17-13-21(14-18-28)26-23-9-6-15-29(23)19-22-7-3-4-10-24(22)32-26;5-3(6)1-2-4(7)8/h3-11,15,21,26H,12-14,16-19H2,1-2H3;1-2H,(H,5,6)(H,7,8)/b;2-1+. The van der Waals surface area contributed by atoms with Crippen LogP contribution in [-0.2, 0) is 22.6 Å². The van der Waals surface area contributed by atoms with Gasteiger partial charge in [0.2, 0.25) is 0 Å². The summed E-state index contributed by atoms with van der Waals surface area (Å²) >= 11 is 0. The fourth-order valence-corrected chi connectivity index (χ4v) is 5.35. The Bertz CT molecular complexity index is 1310. The average Bonchev–Trinajstić information content (AvgIpc) is 3.36. The summed E-state index contributed by atoms with van der Waals surface area (Å²) in [4.78, 5) is 21.7. The van der Waals surface area contributed by atoms with Crippen LogP contribution < -0.4 is 14.2 Å². The maximum absolute atomic E-state index is 9.55. The highest BCUT2D eigenvalue weighted by Gasteiger charge is 2.33. The Balaban J connectivity index is 0.000000406. The summed E-state index contributed by atoms with van der Waals surface area (Å²) in [6, 6.07) is 19.0. The summed E-state index contributed by atoms with van der Waals surface area (Å²) < 4.78 is 20.1. The Morgan fingerprint density at radius 1 is 0.950 bits per heavy atom. The number of fused-ring (bicyclic) bond motifs is 2. The lowest BCUT2D eigenvalue weighted by Gasteiger charge is -2.36. The molecule has 2 N–H and O–H groups in total. The van der Waals surface area contributed by atoms with E-state index in [0.29, 0.717) is 18.1 Å². The number of hydrogen-bond donors (Lipinski definition) is 2. The molecule has 0 bridgehead atoms. The van der Waals surface area contributed by atoms with Gasteiger partial charge >= 0.3 is 11.9 Å². The van der Waals surface area contributed by atoms with Crippen LogP contribution in [0.3, 0.4) is 0 Å². The highest BCUT2D eigenvalue weighted by molar-refractivity contribution is 5.89. The van der Waals surface area contributed by atoms with E-state index in [-0.39, 0.29) is 6.10 Å². The molecule has 5 rings (SSSR count). The van der Waals surface area contributed by atoms with E-state index in [1.54, 1.807) is 14.2 Å². The number of nitrogens with zero attached hydrogens (tertiary/aromatic N) is 2. The van der Waals surface area contributed by atoms with E-state index in [0.717, 1.165) is 62.7 Å². The van der Waals surface area contributed by atoms with Gasteiger partial charge in [0.25, 0.3) is 0 Å². The van der Waals surface area contributed by atoms with Crippen LogP contribution in [-0.4, -0.2) is 65.5 Å². The fourth-order valence-electron chi connectivity index (χ4n) is 5.35. The second-order valence-electron chi connectivity index (χ2n) is 9.80. The van der Waals surface area contributed by atoms with Crippen molar-refractivity contribution in [1.82, 2.24) is 9.47 Å². The van der Waals surface area contributed by atoms with E-state index >= 15 is 0 Å². The Hall–Kier alpha value is -4.24. The van der Waals surface area contributed by atoms with Crippen LogP contribution in [0.1, 0.15) is 35.8 Å². The molecule has 1 fully saturated rings. The van der Waals surface area contributed by atoms with E-state index in [4.69, 9.17) is 24.4 Å². The summed E-state index contributed by atoms with van der Waals surface area (Å²) in [6.45, 7) is 4.11. The molecule has 2 aliphatic rings. The number of likely N-dealkylation sites (tertiary alicyclic amines) is 1. The van der Waals surface area contributed by atoms with Gasteiger partial charge in [0.1, 0.15) is 11.9 Å². The molecule has 3 heterocycles. The maximum Gasteiger partial charge on any atom is 0.328 e. The molecule has 9 heteroatoms. The van der Waals surface area contributed by atoms with E-state index < -0.39 is 11.9 Å². The smallest absolute Gasteiger partial charge is 0.328 e. The molecule has 0 aliphatic carbocycles. The Kier molecular flexibility index (Phi) is 9.86. The molecule has 0 radical (unpaired) electrons. The first-order valence-electron chi connectivity index (χ1n) is 13.3. The molecule has 212 valence electrons. The second kappa shape index (κ2) is 13.7. The van der Waals surface area contributed by atoms with Crippen LogP contribution in [0.5, 0.6) is 17.2 Å². The predicted octanol–water partition coefficient (Wildman–Crippen LogP) is 4.65. The van der Waals surface area contributed by atoms with Gasteiger partial charge in [-0.25, -0.2) is 9.59 Å². The van der Waals surface area contributed by atoms with Crippen LogP contribution in [0.25, 0.3) is 0 Å². The zero-order valence-corrected chi connectivity index (χ0v) is 22.9. The van der Waals surface area contributed by atoms with Crippen LogP contribution in [0, 0.1) is 5.92 Å². The Labute approximate surface area is 234 Å². The normalized spacial score (nSPS) is 17.0. The topological polar surface area (TPSA) is 110 Å². The minimum atomic E-state index is -1.26. The van der Waals surface area contributed by atoms with Crippen molar-refractivity contribution in [2.45, 2.75) is 31.9 Å². The molecule has 2 aromatic carbocycles. The lowest BCUT2D eigenvalue weighted by atomic mass is 9.89. The van der Waals surface area contributed by atoms with E-state index in [2.05, 4.69) is 58.1 Å². The van der Waals surface area contributed by atoms with Crippen molar-refractivity contribution < 1.29 is 34.0 Å². The van der Waals surface area contributed by atoms with Crippen molar-refractivity contribution in [3.63, 3.8) is 0 Å². The van der Waals surface area contributed by atoms with E-state index in [1.165, 1.54) is 16.8 Å². The van der Waals surface area contributed by atoms with Crippen molar-refractivity contribution in [3.05, 3.63) is 89.8 Å². The first-order chi connectivity index (χ1) is 19.4. The molecule has 0 amide bonds. The maximum atomic E-state index is 9.55. The van der Waals surface area contributed by atoms with Gasteiger partial charge < -0.3 is 33.9 Å². The number of hydrogen-bond acceptors (Lipinski definition) is 6. The van der Waals surface area contributed by atoms with Crippen molar-refractivity contribution in [1.29, 1.82) is 0 Å². The molecule has 1 unspecified atom stereocenters. The number of rotatable bonds is 8. The van der Waals surface area contributed by atoms with Gasteiger partial charge in [0.15, 0.2) is 11.5 Å². The van der Waals surface area contributed by atoms with Crippen molar-refractivity contribution >= 4 is 11.9 Å². The fraction of sp³-hybridized carbons (Fsp3) is 0.355.